The number of fused-ring (bicyclic) bond motifs is 9. The first-order valence-corrected chi connectivity index (χ1v) is 16.8. The third-order valence-corrected chi connectivity index (χ3v) is 10.6. The van der Waals surface area contributed by atoms with Crippen molar-refractivity contribution in [1.82, 2.24) is 9.13 Å². The summed E-state index contributed by atoms with van der Waals surface area (Å²) in [6, 6.07) is 47.9. The fourth-order valence-electron chi connectivity index (χ4n) is 8.48. The molecule has 0 amide bonds. The van der Waals surface area contributed by atoms with Crippen LogP contribution >= 0.6 is 0 Å². The van der Waals surface area contributed by atoms with Crippen LogP contribution in [0.4, 0.5) is 0 Å². The zero-order chi connectivity index (χ0) is 31.8. The normalized spacial score (nSPS) is 15.5. The average Bonchev–Trinajstić information content (AvgIpc) is 3.67. The molecule has 1 atom stereocenters. The quantitative estimate of drug-likeness (QED) is 0.183. The van der Waals surface area contributed by atoms with Crippen LogP contribution in [0.5, 0.6) is 0 Å². The molecule has 2 aliphatic carbocycles. The Balaban J connectivity index is 1.10. The Bertz CT molecular complexity index is 2710. The van der Waals surface area contributed by atoms with Gasteiger partial charge in [-0.1, -0.05) is 103 Å². The molecule has 0 radical (unpaired) electrons. The van der Waals surface area contributed by atoms with Crippen molar-refractivity contribution in [1.29, 1.82) is 5.26 Å². The molecule has 0 spiro atoms. The second-order valence-electron chi connectivity index (χ2n) is 13.1. The Kier molecular flexibility index (Phi) is 5.89. The molecule has 2 aliphatic rings. The molecular formula is C45H31N3. The lowest BCUT2D eigenvalue weighted by molar-refractivity contribution is 0.690. The lowest BCUT2D eigenvalue weighted by atomic mass is 9.81. The molecule has 48 heavy (non-hydrogen) atoms. The maximum absolute atomic E-state index is 9.84. The molecule has 0 N–H and O–H groups in total. The van der Waals surface area contributed by atoms with Crippen LogP contribution in [0.15, 0.2) is 139 Å². The molecule has 0 saturated heterocycles. The summed E-state index contributed by atoms with van der Waals surface area (Å²) in [5.74, 6) is 0.365. The first-order valence-electron chi connectivity index (χ1n) is 16.8. The van der Waals surface area contributed by atoms with Crippen molar-refractivity contribution < 1.29 is 0 Å². The van der Waals surface area contributed by atoms with Crippen LogP contribution < -0.4 is 0 Å². The van der Waals surface area contributed by atoms with Crippen molar-refractivity contribution in [3.63, 3.8) is 0 Å². The molecule has 6 aromatic carbocycles. The Labute approximate surface area is 278 Å². The van der Waals surface area contributed by atoms with Gasteiger partial charge in [0, 0.05) is 50.4 Å². The lowest BCUT2D eigenvalue weighted by Gasteiger charge is -2.25. The van der Waals surface area contributed by atoms with E-state index in [1.54, 1.807) is 0 Å². The van der Waals surface area contributed by atoms with E-state index in [1.807, 2.05) is 12.1 Å². The van der Waals surface area contributed by atoms with Gasteiger partial charge < -0.3 is 9.13 Å². The summed E-state index contributed by atoms with van der Waals surface area (Å²) in [5.41, 5.74) is 12.6. The number of hydrogen-bond acceptors (Lipinski definition) is 1. The minimum absolute atomic E-state index is 0.365. The van der Waals surface area contributed by atoms with E-state index >= 15 is 0 Å². The fraction of sp³-hybridized carbons (Fsp3) is 0.0889. The second-order valence-corrected chi connectivity index (χ2v) is 13.1. The number of nitriles is 1. The molecule has 226 valence electrons. The van der Waals surface area contributed by atoms with E-state index in [1.165, 1.54) is 66.7 Å². The van der Waals surface area contributed by atoms with Gasteiger partial charge in [0.05, 0.1) is 22.7 Å². The van der Waals surface area contributed by atoms with Gasteiger partial charge in [-0.05, 0) is 89.5 Å². The Morgan fingerprint density at radius 1 is 0.604 bits per heavy atom. The molecule has 1 unspecified atom stereocenters. The van der Waals surface area contributed by atoms with E-state index in [0.29, 0.717) is 5.92 Å². The molecule has 10 rings (SSSR count). The third kappa shape index (κ3) is 3.93. The molecule has 3 heteroatoms. The van der Waals surface area contributed by atoms with Crippen molar-refractivity contribution in [2.75, 3.05) is 0 Å². The maximum atomic E-state index is 9.84. The highest BCUT2D eigenvalue weighted by Crippen LogP contribution is 2.42. The van der Waals surface area contributed by atoms with Gasteiger partial charge in [-0.15, -0.1) is 0 Å². The molecular weight excluding hydrogens is 583 g/mol. The molecule has 8 aromatic rings. The number of rotatable bonds is 3. The van der Waals surface area contributed by atoms with Gasteiger partial charge in [0.2, 0.25) is 0 Å². The average molecular weight is 614 g/mol. The summed E-state index contributed by atoms with van der Waals surface area (Å²) in [6.45, 7) is 0. The Hall–Kier alpha value is -6.11. The van der Waals surface area contributed by atoms with Gasteiger partial charge in [-0.3, -0.25) is 0 Å². The largest absolute Gasteiger partial charge is 0.313 e. The van der Waals surface area contributed by atoms with Crippen LogP contribution in [0.2, 0.25) is 0 Å². The van der Waals surface area contributed by atoms with Crippen LogP contribution in [0.25, 0.3) is 66.9 Å². The Morgan fingerprint density at radius 3 is 2.12 bits per heavy atom. The Morgan fingerprint density at radius 2 is 1.31 bits per heavy atom. The van der Waals surface area contributed by atoms with Gasteiger partial charge in [0.15, 0.2) is 0 Å². The summed E-state index contributed by atoms with van der Waals surface area (Å²) in [5, 5.41) is 16.9. The van der Waals surface area contributed by atoms with Crippen molar-refractivity contribution in [3.8, 4) is 17.4 Å². The molecule has 2 aromatic heterocycles. The maximum Gasteiger partial charge on any atom is 0.0998 e. The summed E-state index contributed by atoms with van der Waals surface area (Å²) >= 11 is 0. The predicted octanol–water partition coefficient (Wildman–Crippen LogP) is 11.0. The van der Waals surface area contributed by atoms with Gasteiger partial charge in [0.1, 0.15) is 0 Å². The van der Waals surface area contributed by atoms with Crippen LogP contribution in [-0.4, -0.2) is 9.13 Å². The molecule has 0 saturated carbocycles. The van der Waals surface area contributed by atoms with Crippen LogP contribution in [0, 0.1) is 17.2 Å². The van der Waals surface area contributed by atoms with Gasteiger partial charge in [-0.2, -0.15) is 5.26 Å². The fourth-order valence-corrected chi connectivity index (χ4v) is 8.48. The van der Waals surface area contributed by atoms with E-state index < -0.39 is 0 Å². The number of hydrogen-bond donors (Lipinski definition) is 0. The highest BCUT2D eigenvalue weighted by atomic mass is 15.0. The summed E-state index contributed by atoms with van der Waals surface area (Å²) in [4.78, 5) is 0. The minimum atomic E-state index is 0.365. The van der Waals surface area contributed by atoms with Crippen LogP contribution in [0.3, 0.4) is 0 Å². The summed E-state index contributed by atoms with van der Waals surface area (Å²) in [7, 11) is 0. The van der Waals surface area contributed by atoms with E-state index in [4.69, 9.17) is 0 Å². The minimum Gasteiger partial charge on any atom is -0.313 e. The first kappa shape index (κ1) is 27.0. The zero-order valence-electron chi connectivity index (χ0n) is 26.4. The number of nitrogens with zero attached hydrogens (tertiary/aromatic N) is 3. The van der Waals surface area contributed by atoms with Gasteiger partial charge >= 0.3 is 0 Å². The number of aromatic nitrogens is 2. The van der Waals surface area contributed by atoms with Crippen molar-refractivity contribution in [3.05, 3.63) is 167 Å². The summed E-state index contributed by atoms with van der Waals surface area (Å²) < 4.78 is 4.90. The monoisotopic (exact) mass is 613 g/mol. The number of para-hydroxylation sites is 3. The molecule has 0 bridgehead atoms. The zero-order valence-corrected chi connectivity index (χ0v) is 26.4. The molecule has 0 fully saturated rings. The van der Waals surface area contributed by atoms with Crippen LogP contribution in [0.1, 0.15) is 34.5 Å². The van der Waals surface area contributed by atoms with Gasteiger partial charge in [0.25, 0.3) is 0 Å². The smallest absolute Gasteiger partial charge is 0.0998 e. The molecule has 3 nitrogen and oxygen atoms in total. The summed E-state index contributed by atoms with van der Waals surface area (Å²) in [6.07, 6.45) is 10.4. The van der Waals surface area contributed by atoms with E-state index in [0.717, 1.165) is 41.0 Å². The third-order valence-electron chi connectivity index (χ3n) is 10.6. The predicted molar refractivity (Wildman–Crippen MR) is 199 cm³/mol. The van der Waals surface area contributed by atoms with Crippen molar-refractivity contribution >= 4 is 55.5 Å². The molecule has 2 heterocycles. The van der Waals surface area contributed by atoms with Crippen molar-refractivity contribution in [2.45, 2.75) is 19.3 Å². The van der Waals surface area contributed by atoms with Crippen molar-refractivity contribution in [2.24, 2.45) is 5.92 Å². The topological polar surface area (TPSA) is 33.6 Å². The van der Waals surface area contributed by atoms with Gasteiger partial charge in [-0.25, -0.2) is 0 Å². The highest BCUT2D eigenvalue weighted by Gasteiger charge is 2.28. The van der Waals surface area contributed by atoms with E-state index in [9.17, 15) is 5.26 Å². The first-order chi connectivity index (χ1) is 23.8. The second kappa shape index (κ2) is 10.5. The lowest BCUT2D eigenvalue weighted by Crippen LogP contribution is -2.14. The SMILES string of the molecule is N#Cc1cc2ccc(-n3c4c(c5ccccc53)C=C(C3C=Cc5c(c6ccccc6n5-c5ccccc5)C3)CC4)cc2c2ccccc12. The number of benzene rings is 6. The standard InChI is InChI=1S/C45H31N3/c46-28-32-24-31-18-21-34(27-39(31)36-13-5-4-12-35(32)36)48-43-17-9-7-15-38(43)41-26-30(20-23-45(41)48)29-19-22-44-40(25-29)37-14-6-8-16-42(37)47(44)33-10-2-1-3-11-33/h1-19,21-22,24,26-27,29H,20,23,25H2. The van der Waals surface area contributed by atoms with Crippen LogP contribution in [-0.2, 0) is 12.8 Å². The van der Waals surface area contributed by atoms with E-state index in [2.05, 4.69) is 149 Å². The number of allylic oxidation sites excluding steroid dienone is 2. The molecule has 0 aliphatic heterocycles. The van der Waals surface area contributed by atoms with E-state index in [-0.39, 0.29) is 0 Å². The highest BCUT2D eigenvalue weighted by molar-refractivity contribution is 6.10.